The monoisotopic (exact) mass is 1180 g/mol. The number of fused-ring (bicyclic) bond motifs is 22. The molecule has 2 aliphatic rings. The summed E-state index contributed by atoms with van der Waals surface area (Å²) >= 11 is 0. The van der Waals surface area contributed by atoms with Crippen molar-refractivity contribution in [3.8, 4) is 61.3 Å². The number of furan rings is 1. The highest BCUT2D eigenvalue weighted by Gasteiger charge is 2.40. The van der Waals surface area contributed by atoms with E-state index in [1.165, 1.54) is 50.1 Å². The van der Waals surface area contributed by atoms with Crippen LogP contribution in [0.5, 0.6) is 0 Å². The van der Waals surface area contributed by atoms with Crippen molar-refractivity contribution >= 4 is 120 Å². The number of rotatable bonds is 4. The number of benzene rings is 13. The van der Waals surface area contributed by atoms with Gasteiger partial charge in [-0.1, -0.05) is 167 Å². The number of hydrogen-bond donors (Lipinski definition) is 0. The Morgan fingerprint density at radius 1 is 0.283 bits per heavy atom. The molecule has 0 saturated carbocycles. The summed E-state index contributed by atoms with van der Waals surface area (Å²) in [6, 6.07) is 89.9. The number of nitrogens with zero attached hydrogens (tertiary/aromatic N) is 3. The van der Waals surface area contributed by atoms with Crippen molar-refractivity contribution in [2.45, 2.75) is 38.5 Å². The molecule has 0 aliphatic heterocycles. The van der Waals surface area contributed by atoms with Crippen molar-refractivity contribution in [3.05, 3.63) is 292 Å². The summed E-state index contributed by atoms with van der Waals surface area (Å²) in [5.41, 5.74) is 24.9. The van der Waals surface area contributed by atoms with E-state index in [-0.39, 0.29) is 16.5 Å². The Labute approximate surface area is 526 Å². The van der Waals surface area contributed by atoms with Gasteiger partial charge in [0.15, 0.2) is 0 Å². The largest absolute Gasteiger partial charge is 0.456 e. The van der Waals surface area contributed by atoms with Crippen LogP contribution < -0.4 is 11.1 Å². The number of hydrogen-bond acceptors (Lipinski definition) is 3. The number of pyridine rings is 2. The van der Waals surface area contributed by atoms with Gasteiger partial charge in [-0.3, -0.25) is 18.4 Å². The van der Waals surface area contributed by atoms with Gasteiger partial charge in [-0.2, -0.15) is 0 Å². The van der Waals surface area contributed by atoms with Crippen molar-refractivity contribution in [3.63, 3.8) is 0 Å². The maximum absolute atomic E-state index is 15.1. The molecule has 6 heteroatoms. The highest BCUT2D eigenvalue weighted by atomic mass is 16.3. The first-order valence-electron chi connectivity index (χ1n) is 31.9. The van der Waals surface area contributed by atoms with E-state index >= 15 is 4.79 Å². The minimum Gasteiger partial charge on any atom is -0.456 e. The fourth-order valence-corrected chi connectivity index (χ4v) is 17.4. The maximum atomic E-state index is 15.1. The average molecular weight is 1180 g/mol. The molecule has 0 unspecified atom stereocenters. The van der Waals surface area contributed by atoms with Crippen LogP contribution in [0.3, 0.4) is 0 Å². The van der Waals surface area contributed by atoms with Crippen LogP contribution in [0, 0.1) is 0 Å². The third kappa shape index (κ3) is 6.28. The lowest BCUT2D eigenvalue weighted by atomic mass is 9.78. The maximum Gasteiger partial charge on any atom is 0.263 e. The molecule has 21 rings (SSSR count). The van der Waals surface area contributed by atoms with Gasteiger partial charge in [0.1, 0.15) is 11.2 Å². The molecule has 2 aliphatic carbocycles. The molecule has 19 aromatic rings. The molecule has 92 heavy (non-hydrogen) atoms. The van der Waals surface area contributed by atoms with Gasteiger partial charge in [0.05, 0.1) is 33.1 Å². The zero-order valence-corrected chi connectivity index (χ0v) is 50.7. The van der Waals surface area contributed by atoms with E-state index in [4.69, 9.17) is 4.42 Å². The van der Waals surface area contributed by atoms with Crippen LogP contribution in [0.15, 0.2) is 263 Å². The first-order chi connectivity index (χ1) is 45.0. The van der Waals surface area contributed by atoms with E-state index < -0.39 is 5.41 Å². The van der Waals surface area contributed by atoms with Crippen LogP contribution >= 0.6 is 0 Å². The Kier molecular flexibility index (Phi) is 9.41. The van der Waals surface area contributed by atoms with Crippen molar-refractivity contribution in [2.75, 3.05) is 0 Å². The summed E-state index contributed by atoms with van der Waals surface area (Å²) in [4.78, 5) is 29.9. The summed E-state index contributed by atoms with van der Waals surface area (Å²) in [7, 11) is 0. The number of aromatic nitrogens is 3. The van der Waals surface area contributed by atoms with Crippen LogP contribution in [0.2, 0.25) is 0 Å². The molecule has 6 aromatic heterocycles. The van der Waals surface area contributed by atoms with E-state index in [1.54, 1.807) is 0 Å². The zero-order chi connectivity index (χ0) is 60.9. The normalized spacial score (nSPS) is 14.1. The van der Waals surface area contributed by atoms with Crippen LogP contribution in [-0.4, -0.2) is 13.4 Å². The second-order valence-corrected chi connectivity index (χ2v) is 27.0. The Bertz CT molecular complexity index is 6730. The van der Waals surface area contributed by atoms with Crippen molar-refractivity contribution in [2.24, 2.45) is 0 Å². The Morgan fingerprint density at radius 2 is 0.772 bits per heavy atom. The SMILES string of the molecule is CC1(C)c2ccccc2-c2cc3c4cc(-c5ccc6c(c5)c5ccc(-c7cccc8c7C(C)(C)c7cc9c(cc7-8)c7cc(-c8ccc%10oc%11ccccc%11c%10c8)cc8c%10ccccc%10c(=O)n9c87)cc5n6-c5ccccc5)cc5c6ccccc6c(=O)n(c3cc21)c54. The molecule has 6 heterocycles. The van der Waals surface area contributed by atoms with Gasteiger partial charge in [-0.15, -0.1) is 0 Å². The van der Waals surface area contributed by atoms with Crippen LogP contribution in [-0.2, 0) is 10.8 Å². The zero-order valence-electron chi connectivity index (χ0n) is 50.7. The first kappa shape index (κ1) is 50.3. The molecule has 0 spiro atoms. The first-order valence-corrected chi connectivity index (χ1v) is 31.9. The molecule has 6 nitrogen and oxygen atoms in total. The van der Waals surface area contributed by atoms with E-state index in [0.717, 1.165) is 148 Å². The summed E-state index contributed by atoms with van der Waals surface area (Å²) in [6.45, 7) is 9.32. The van der Waals surface area contributed by atoms with Gasteiger partial charge >= 0.3 is 0 Å². The van der Waals surface area contributed by atoms with E-state index in [1.807, 2.05) is 51.3 Å². The smallest absolute Gasteiger partial charge is 0.263 e. The lowest BCUT2D eigenvalue weighted by molar-refractivity contribution is 0.661. The van der Waals surface area contributed by atoms with Crippen LogP contribution in [0.1, 0.15) is 49.9 Å². The van der Waals surface area contributed by atoms with Gasteiger partial charge in [-0.05, 0) is 198 Å². The minimum atomic E-state index is -0.434. The Morgan fingerprint density at radius 3 is 1.45 bits per heavy atom. The Hall–Kier alpha value is -11.6. The molecule has 0 radical (unpaired) electrons. The summed E-state index contributed by atoms with van der Waals surface area (Å²) < 4.78 is 12.7. The second-order valence-electron chi connectivity index (χ2n) is 27.0. The molecule has 0 atom stereocenters. The van der Waals surface area contributed by atoms with Gasteiger partial charge in [0, 0.05) is 81.2 Å². The third-order valence-electron chi connectivity index (χ3n) is 21.7. The fourth-order valence-electron chi connectivity index (χ4n) is 17.4. The summed E-state index contributed by atoms with van der Waals surface area (Å²) in [5, 5.41) is 14.2. The molecule has 13 aromatic carbocycles. The molecule has 0 saturated heterocycles. The van der Waals surface area contributed by atoms with E-state index in [0.29, 0.717) is 5.39 Å². The van der Waals surface area contributed by atoms with Crippen LogP contribution in [0.25, 0.3) is 181 Å². The molecule has 0 bridgehead atoms. The summed E-state index contributed by atoms with van der Waals surface area (Å²) in [6.07, 6.45) is 0. The van der Waals surface area contributed by atoms with E-state index in [2.05, 4.69) is 239 Å². The van der Waals surface area contributed by atoms with Crippen molar-refractivity contribution < 1.29 is 4.42 Å². The topological polar surface area (TPSA) is 61.0 Å². The number of para-hydroxylation sites is 2. The molecular formula is C86H53N3O3. The minimum absolute atomic E-state index is 0.00314. The molecular weight excluding hydrogens is 1120 g/mol. The van der Waals surface area contributed by atoms with Crippen LogP contribution in [0.4, 0.5) is 0 Å². The van der Waals surface area contributed by atoms with Gasteiger partial charge < -0.3 is 8.98 Å². The van der Waals surface area contributed by atoms with Gasteiger partial charge in [0.25, 0.3) is 11.1 Å². The predicted octanol–water partition coefficient (Wildman–Crippen LogP) is 21.3. The average Bonchev–Trinajstić information content (AvgIpc) is 1.54. The fraction of sp³-hybridized carbons (Fsp3) is 0.0698. The van der Waals surface area contributed by atoms with Crippen molar-refractivity contribution in [1.29, 1.82) is 0 Å². The second kappa shape index (κ2) is 17.2. The molecule has 0 N–H and O–H groups in total. The van der Waals surface area contributed by atoms with Gasteiger partial charge in [0.2, 0.25) is 0 Å². The molecule has 430 valence electrons. The lowest BCUT2D eigenvalue weighted by Gasteiger charge is -2.24. The Balaban J connectivity index is 0.748. The summed E-state index contributed by atoms with van der Waals surface area (Å²) in [5.74, 6) is 0. The van der Waals surface area contributed by atoms with Gasteiger partial charge in [-0.25, -0.2) is 0 Å². The van der Waals surface area contributed by atoms with Crippen molar-refractivity contribution in [1.82, 2.24) is 13.4 Å². The highest BCUT2D eigenvalue weighted by Crippen LogP contribution is 2.56. The lowest BCUT2D eigenvalue weighted by Crippen LogP contribution is -2.17. The predicted molar refractivity (Wildman–Crippen MR) is 381 cm³/mol. The third-order valence-corrected chi connectivity index (χ3v) is 21.7. The quantitative estimate of drug-likeness (QED) is 0.165. The molecule has 0 fully saturated rings. The standard InChI is InChI=1S/C86H53N3O3/c1-85(2)71-27-14-12-21-55(71)61-42-64-69-39-49(37-67-53-19-8-10-23-59(53)83(90)88(81(67)69)76(64)44-72(61)85)46-30-33-74-63(35-46)56-32-29-48(41-75(56)87(74)51-17-6-5-7-18-51)52-25-16-26-58-62-43-65-70-40-50(47-31-34-79-66(36-47)57-22-13-15-28-78(57)92-79)38-68-54-20-9-11-24-60(54)84(91)89(82(68)70)77(65)45-73(62)86(3,4)80(52)58/h5-45H,1-4H3. The van der Waals surface area contributed by atoms with E-state index in [9.17, 15) is 4.79 Å². The molecule has 0 amide bonds. The highest BCUT2D eigenvalue weighted by molar-refractivity contribution is 6.25.